The lowest BCUT2D eigenvalue weighted by atomic mass is 10.2. The van der Waals surface area contributed by atoms with Crippen LogP contribution in [-0.2, 0) is 12.3 Å². The number of hydrogen-bond donors (Lipinski definition) is 0. The van der Waals surface area contributed by atoms with Crippen molar-refractivity contribution >= 4 is 17.4 Å². The Balaban J connectivity index is 2.25. The minimum Gasteiger partial charge on any atom is -0.491 e. The lowest BCUT2D eigenvalue weighted by Gasteiger charge is -2.14. The topological polar surface area (TPSA) is 83.1 Å². The number of rotatable bonds is 7. The molecule has 0 fully saturated rings. The molecule has 0 bridgehead atoms. The summed E-state index contributed by atoms with van der Waals surface area (Å²) in [5.74, 6) is 2.05. The highest BCUT2D eigenvalue weighted by Crippen LogP contribution is 2.31. The highest BCUT2D eigenvalue weighted by atomic mass is 32.2. The number of hydrogen-bond acceptors (Lipinski definition) is 6. The highest BCUT2D eigenvalue weighted by molar-refractivity contribution is 7.98. The number of thioether (sulfide) groups is 1. The van der Waals surface area contributed by atoms with Crippen molar-refractivity contribution < 1.29 is 9.66 Å². The third-order valence-electron chi connectivity index (χ3n) is 3.19. The maximum absolute atomic E-state index is 11.0. The van der Waals surface area contributed by atoms with Crippen molar-refractivity contribution in [2.75, 3.05) is 0 Å². The van der Waals surface area contributed by atoms with E-state index in [1.54, 1.807) is 12.1 Å². The van der Waals surface area contributed by atoms with Crippen LogP contribution in [0, 0.1) is 17.0 Å². The van der Waals surface area contributed by atoms with Gasteiger partial charge in [0.2, 0.25) is 0 Å². The molecule has 0 N–H and O–H groups in total. The van der Waals surface area contributed by atoms with Gasteiger partial charge in [-0.25, -0.2) is 0 Å². The van der Waals surface area contributed by atoms with Gasteiger partial charge in [0.25, 0.3) is 5.69 Å². The molecule has 0 amide bonds. The van der Waals surface area contributed by atoms with Crippen LogP contribution in [0.5, 0.6) is 5.75 Å². The summed E-state index contributed by atoms with van der Waals surface area (Å²) in [6.07, 6.45) is 0.00162. The van der Waals surface area contributed by atoms with Crippen molar-refractivity contribution in [2.24, 2.45) is 0 Å². The van der Waals surface area contributed by atoms with E-state index in [9.17, 15) is 10.1 Å². The van der Waals surface area contributed by atoms with Crippen LogP contribution in [0.3, 0.4) is 0 Å². The fourth-order valence-corrected chi connectivity index (χ4v) is 3.16. The van der Waals surface area contributed by atoms with E-state index in [2.05, 4.69) is 10.2 Å². The van der Waals surface area contributed by atoms with Gasteiger partial charge in [0, 0.05) is 30.0 Å². The zero-order chi connectivity index (χ0) is 17.0. The molecule has 0 saturated heterocycles. The van der Waals surface area contributed by atoms with Crippen molar-refractivity contribution in [3.8, 4) is 5.75 Å². The van der Waals surface area contributed by atoms with Gasteiger partial charge >= 0.3 is 0 Å². The minimum absolute atomic E-state index is 0.00162. The number of ether oxygens (including phenoxy) is 1. The van der Waals surface area contributed by atoms with E-state index in [0.717, 1.165) is 23.1 Å². The van der Waals surface area contributed by atoms with Crippen molar-refractivity contribution in [2.45, 2.75) is 51.3 Å². The molecule has 0 atom stereocenters. The van der Waals surface area contributed by atoms with Crippen LogP contribution in [0.15, 0.2) is 23.4 Å². The summed E-state index contributed by atoms with van der Waals surface area (Å²) in [4.78, 5) is 10.6. The Morgan fingerprint density at radius 1 is 1.39 bits per heavy atom. The second-order valence-corrected chi connectivity index (χ2v) is 6.22. The maximum atomic E-state index is 11.0. The van der Waals surface area contributed by atoms with Crippen LogP contribution >= 0.6 is 11.8 Å². The number of aromatic nitrogens is 3. The van der Waals surface area contributed by atoms with Gasteiger partial charge in [0.1, 0.15) is 11.6 Å². The molecule has 0 aliphatic rings. The van der Waals surface area contributed by atoms with Gasteiger partial charge in [0.05, 0.1) is 11.0 Å². The van der Waals surface area contributed by atoms with E-state index in [1.165, 1.54) is 17.8 Å². The summed E-state index contributed by atoms with van der Waals surface area (Å²) in [6.45, 7) is 8.57. The number of nitro benzene ring substituents is 1. The zero-order valence-corrected chi connectivity index (χ0v) is 14.5. The van der Waals surface area contributed by atoms with Gasteiger partial charge in [-0.15, -0.1) is 10.2 Å². The molecule has 0 aliphatic carbocycles. The van der Waals surface area contributed by atoms with Crippen LogP contribution in [0.25, 0.3) is 0 Å². The average Bonchev–Trinajstić information content (AvgIpc) is 2.85. The first kappa shape index (κ1) is 17.3. The lowest BCUT2D eigenvalue weighted by molar-refractivity contribution is -0.384. The quantitative estimate of drug-likeness (QED) is 0.436. The molecule has 0 spiro atoms. The molecule has 7 nitrogen and oxygen atoms in total. The van der Waals surface area contributed by atoms with E-state index in [-0.39, 0.29) is 11.8 Å². The Morgan fingerprint density at radius 3 is 2.74 bits per heavy atom. The Bertz CT molecular complexity index is 700. The largest absolute Gasteiger partial charge is 0.491 e. The molecule has 0 unspecified atom stereocenters. The van der Waals surface area contributed by atoms with Gasteiger partial charge < -0.3 is 9.30 Å². The fourth-order valence-electron chi connectivity index (χ4n) is 2.14. The van der Waals surface area contributed by atoms with Gasteiger partial charge in [0.15, 0.2) is 5.16 Å². The fraction of sp³-hybridized carbons (Fsp3) is 0.467. The Hall–Kier alpha value is -2.09. The number of aryl methyl sites for hydroxylation is 1. The van der Waals surface area contributed by atoms with Crippen LogP contribution in [-0.4, -0.2) is 25.8 Å². The smallest absolute Gasteiger partial charge is 0.270 e. The first-order chi connectivity index (χ1) is 10.9. The third kappa shape index (κ3) is 4.22. The molecule has 2 rings (SSSR count). The number of benzene rings is 1. The molecule has 2 aromatic rings. The van der Waals surface area contributed by atoms with E-state index >= 15 is 0 Å². The van der Waals surface area contributed by atoms with Crippen LogP contribution in [0.4, 0.5) is 5.69 Å². The molecular formula is C15H20N4O3S. The molecule has 124 valence electrons. The normalized spacial score (nSPS) is 11.0. The molecule has 0 aliphatic heterocycles. The van der Waals surface area contributed by atoms with Gasteiger partial charge in [-0.1, -0.05) is 11.8 Å². The number of non-ortho nitro benzene ring substituents is 1. The molecule has 1 aromatic carbocycles. The summed E-state index contributed by atoms with van der Waals surface area (Å²) in [6, 6.07) is 4.68. The second kappa shape index (κ2) is 7.45. The first-order valence-corrected chi connectivity index (χ1v) is 8.37. The summed E-state index contributed by atoms with van der Waals surface area (Å²) in [7, 11) is 0. The van der Waals surface area contributed by atoms with Crippen molar-refractivity contribution in [3.05, 3.63) is 39.7 Å². The van der Waals surface area contributed by atoms with Crippen LogP contribution in [0.2, 0.25) is 0 Å². The average molecular weight is 336 g/mol. The SMILES string of the molecule is CCn1c(C)nnc1SCc1cc([N+](=O)[O-])ccc1OC(C)C. The van der Waals surface area contributed by atoms with E-state index in [0.29, 0.717) is 11.5 Å². The minimum atomic E-state index is -0.397. The lowest BCUT2D eigenvalue weighted by Crippen LogP contribution is -2.07. The summed E-state index contributed by atoms with van der Waals surface area (Å²) >= 11 is 1.49. The Kier molecular flexibility index (Phi) is 5.59. The second-order valence-electron chi connectivity index (χ2n) is 5.28. The summed E-state index contributed by atoms with van der Waals surface area (Å²) in [5, 5.41) is 20.0. The molecular weight excluding hydrogens is 316 g/mol. The van der Waals surface area contributed by atoms with Crippen LogP contribution in [0.1, 0.15) is 32.2 Å². The van der Waals surface area contributed by atoms with E-state index in [1.807, 2.05) is 32.3 Å². The predicted molar refractivity (Wildman–Crippen MR) is 88.9 cm³/mol. The molecule has 23 heavy (non-hydrogen) atoms. The van der Waals surface area contributed by atoms with Crippen molar-refractivity contribution in [1.29, 1.82) is 0 Å². The van der Waals surface area contributed by atoms with E-state index < -0.39 is 4.92 Å². The Labute approximate surface area is 139 Å². The molecule has 8 heteroatoms. The van der Waals surface area contributed by atoms with Crippen LogP contribution < -0.4 is 4.74 Å². The standard InChI is InChI=1S/C15H20N4O3S/c1-5-18-11(4)16-17-15(18)23-9-12-8-13(19(20)21)6-7-14(12)22-10(2)3/h6-8,10H,5,9H2,1-4H3. The van der Waals surface area contributed by atoms with Gasteiger partial charge in [-0.3, -0.25) is 10.1 Å². The monoisotopic (exact) mass is 336 g/mol. The molecule has 1 heterocycles. The molecule has 0 saturated carbocycles. The summed E-state index contributed by atoms with van der Waals surface area (Å²) in [5.41, 5.74) is 0.839. The number of nitro groups is 1. The van der Waals surface area contributed by atoms with Crippen molar-refractivity contribution in [1.82, 2.24) is 14.8 Å². The first-order valence-electron chi connectivity index (χ1n) is 7.39. The van der Waals surface area contributed by atoms with Gasteiger partial charge in [-0.05, 0) is 33.8 Å². The predicted octanol–water partition coefficient (Wildman–Crippen LogP) is 3.59. The molecule has 0 radical (unpaired) electrons. The van der Waals surface area contributed by atoms with Crippen molar-refractivity contribution in [3.63, 3.8) is 0 Å². The number of nitrogens with zero attached hydrogens (tertiary/aromatic N) is 4. The highest BCUT2D eigenvalue weighted by Gasteiger charge is 2.15. The zero-order valence-electron chi connectivity index (χ0n) is 13.6. The van der Waals surface area contributed by atoms with Gasteiger partial charge in [-0.2, -0.15) is 0 Å². The van der Waals surface area contributed by atoms with E-state index in [4.69, 9.17) is 4.74 Å². The maximum Gasteiger partial charge on any atom is 0.270 e. The Morgan fingerprint density at radius 2 is 2.13 bits per heavy atom. The third-order valence-corrected chi connectivity index (χ3v) is 4.21. The summed E-state index contributed by atoms with van der Waals surface area (Å²) < 4.78 is 7.76. The molecule has 1 aromatic heterocycles.